The minimum atomic E-state index is -3.58. The summed E-state index contributed by atoms with van der Waals surface area (Å²) in [5.41, 5.74) is 1.90. The van der Waals surface area contributed by atoms with Gasteiger partial charge in [-0.1, -0.05) is 12.1 Å². The van der Waals surface area contributed by atoms with Crippen molar-refractivity contribution in [3.05, 3.63) is 59.4 Å². The zero-order valence-corrected chi connectivity index (χ0v) is 13.1. The Kier molecular flexibility index (Phi) is 4.77. The first-order valence-corrected chi connectivity index (χ1v) is 8.39. The van der Waals surface area contributed by atoms with Gasteiger partial charge in [-0.05, 0) is 36.8 Å². The molecule has 0 fully saturated rings. The molecule has 1 aromatic carbocycles. The van der Waals surface area contributed by atoms with Crippen LogP contribution in [0.1, 0.15) is 21.6 Å². The number of nitrogens with zero attached hydrogens (tertiary/aromatic N) is 1. The quantitative estimate of drug-likeness (QED) is 0.905. The Morgan fingerprint density at radius 2 is 2.05 bits per heavy atom. The molecule has 2 aromatic rings. The summed E-state index contributed by atoms with van der Waals surface area (Å²) in [5, 5.41) is 0. The van der Waals surface area contributed by atoms with Gasteiger partial charge < -0.3 is 4.74 Å². The van der Waals surface area contributed by atoms with Gasteiger partial charge in [0.1, 0.15) is 12.4 Å². The summed E-state index contributed by atoms with van der Waals surface area (Å²) >= 11 is 0. The highest BCUT2D eigenvalue weighted by Crippen LogP contribution is 2.13. The van der Waals surface area contributed by atoms with Crippen LogP contribution in [0.15, 0.2) is 42.6 Å². The van der Waals surface area contributed by atoms with E-state index in [2.05, 4.69) is 4.98 Å². The van der Waals surface area contributed by atoms with E-state index in [0.717, 1.165) is 17.5 Å². The van der Waals surface area contributed by atoms with Crippen molar-refractivity contribution in [2.24, 2.45) is 0 Å². The predicted molar refractivity (Wildman–Crippen MR) is 82.1 cm³/mol. The molecule has 116 valence electrons. The minimum absolute atomic E-state index is 0.255. The maximum absolute atomic E-state index is 11.8. The Morgan fingerprint density at radius 1 is 1.27 bits per heavy atom. The largest absolute Gasteiger partial charge is 0.487 e. The summed E-state index contributed by atoms with van der Waals surface area (Å²) in [4.78, 5) is 15.9. The molecule has 7 heteroatoms. The first kappa shape index (κ1) is 16.0. The van der Waals surface area contributed by atoms with Crippen molar-refractivity contribution in [2.45, 2.75) is 13.5 Å². The number of sulfonamides is 1. The van der Waals surface area contributed by atoms with Crippen LogP contribution >= 0.6 is 0 Å². The summed E-state index contributed by atoms with van der Waals surface area (Å²) in [5.74, 6) is -0.0436. The van der Waals surface area contributed by atoms with Crippen LogP contribution in [0.3, 0.4) is 0 Å². The molecule has 22 heavy (non-hydrogen) atoms. The van der Waals surface area contributed by atoms with E-state index in [1.807, 2.05) is 23.8 Å². The number of aromatic nitrogens is 1. The van der Waals surface area contributed by atoms with Gasteiger partial charge in [-0.2, -0.15) is 0 Å². The van der Waals surface area contributed by atoms with E-state index < -0.39 is 15.9 Å². The number of benzene rings is 1. The number of nitrogens with one attached hydrogen (secondary N) is 1. The molecule has 0 saturated carbocycles. The molecule has 2 rings (SSSR count). The second-order valence-corrected chi connectivity index (χ2v) is 6.58. The normalized spacial score (nSPS) is 11.0. The molecule has 1 N–H and O–H groups in total. The van der Waals surface area contributed by atoms with E-state index in [9.17, 15) is 13.2 Å². The van der Waals surface area contributed by atoms with Crippen molar-refractivity contribution in [3.63, 3.8) is 0 Å². The van der Waals surface area contributed by atoms with Gasteiger partial charge in [0.15, 0.2) is 0 Å². The van der Waals surface area contributed by atoms with Crippen LogP contribution in [0.5, 0.6) is 5.75 Å². The minimum Gasteiger partial charge on any atom is -0.487 e. The molecule has 1 heterocycles. The molecular formula is C15H16N2O4S. The molecule has 0 spiro atoms. The SMILES string of the molecule is Cc1ccc(OCc2cccc(C(=O)NS(C)(=O)=O)c2)cn1. The Morgan fingerprint density at radius 3 is 2.68 bits per heavy atom. The van der Waals surface area contributed by atoms with Gasteiger partial charge in [0.25, 0.3) is 5.91 Å². The molecule has 0 bridgehead atoms. The second kappa shape index (κ2) is 6.57. The molecule has 0 radical (unpaired) electrons. The molecule has 0 saturated heterocycles. The van der Waals surface area contributed by atoms with Crippen molar-refractivity contribution in [1.29, 1.82) is 0 Å². The lowest BCUT2D eigenvalue weighted by atomic mass is 10.1. The lowest BCUT2D eigenvalue weighted by Crippen LogP contribution is -2.29. The number of rotatable bonds is 5. The van der Waals surface area contributed by atoms with Gasteiger partial charge in [0.05, 0.1) is 12.5 Å². The van der Waals surface area contributed by atoms with Crippen LogP contribution in [0, 0.1) is 6.92 Å². The summed E-state index contributed by atoms with van der Waals surface area (Å²) < 4.78 is 29.6. The van der Waals surface area contributed by atoms with Gasteiger partial charge in [-0.15, -0.1) is 0 Å². The molecular weight excluding hydrogens is 304 g/mol. The number of pyridine rings is 1. The van der Waals surface area contributed by atoms with Gasteiger partial charge >= 0.3 is 0 Å². The summed E-state index contributed by atoms with van der Waals surface area (Å²) in [6.45, 7) is 2.14. The van der Waals surface area contributed by atoms with Crippen LogP contribution in [0.2, 0.25) is 0 Å². The fraction of sp³-hybridized carbons (Fsp3) is 0.200. The average molecular weight is 320 g/mol. The summed E-state index contributed by atoms with van der Waals surface area (Å²) in [6.07, 6.45) is 2.55. The lowest BCUT2D eigenvalue weighted by molar-refractivity contribution is 0.0981. The Hall–Kier alpha value is -2.41. The molecule has 0 aliphatic carbocycles. The van der Waals surface area contributed by atoms with Crippen molar-refractivity contribution in [1.82, 2.24) is 9.71 Å². The topological polar surface area (TPSA) is 85.4 Å². The van der Waals surface area contributed by atoms with Gasteiger partial charge in [0, 0.05) is 11.3 Å². The predicted octanol–water partition coefficient (Wildman–Crippen LogP) is 1.66. The molecule has 0 atom stereocenters. The number of carbonyl (C=O) groups excluding carboxylic acids is 1. The monoisotopic (exact) mass is 320 g/mol. The zero-order chi connectivity index (χ0) is 16.2. The Balaban J connectivity index is 2.05. The maximum atomic E-state index is 11.8. The molecule has 1 aromatic heterocycles. The Labute approximate surface area is 129 Å². The third-order valence-electron chi connectivity index (χ3n) is 2.76. The van der Waals surface area contributed by atoms with E-state index in [1.54, 1.807) is 24.4 Å². The van der Waals surface area contributed by atoms with Crippen LogP contribution in [0.25, 0.3) is 0 Å². The number of hydrogen-bond donors (Lipinski definition) is 1. The van der Waals surface area contributed by atoms with Crippen LogP contribution < -0.4 is 9.46 Å². The molecule has 1 amide bonds. The van der Waals surface area contributed by atoms with Gasteiger partial charge in [0.2, 0.25) is 10.0 Å². The van der Waals surface area contributed by atoms with Gasteiger partial charge in [-0.3, -0.25) is 9.78 Å². The molecule has 0 aliphatic rings. The van der Waals surface area contributed by atoms with E-state index in [-0.39, 0.29) is 12.2 Å². The van der Waals surface area contributed by atoms with E-state index in [1.165, 1.54) is 6.07 Å². The fourth-order valence-electron chi connectivity index (χ4n) is 1.74. The molecule has 0 aliphatic heterocycles. The van der Waals surface area contributed by atoms with Crippen LogP contribution in [0.4, 0.5) is 0 Å². The smallest absolute Gasteiger partial charge is 0.264 e. The highest BCUT2D eigenvalue weighted by molar-refractivity contribution is 7.89. The maximum Gasteiger partial charge on any atom is 0.264 e. The average Bonchev–Trinajstić information content (AvgIpc) is 2.45. The number of aryl methyl sites for hydroxylation is 1. The standard InChI is InChI=1S/C15H16N2O4S/c1-11-6-7-14(9-16-11)21-10-12-4-3-5-13(8-12)15(18)17-22(2,19)20/h3-9H,10H2,1-2H3,(H,17,18). The highest BCUT2D eigenvalue weighted by Gasteiger charge is 2.11. The molecule has 6 nitrogen and oxygen atoms in total. The number of carbonyl (C=O) groups is 1. The number of hydrogen-bond acceptors (Lipinski definition) is 5. The third-order valence-corrected chi connectivity index (χ3v) is 3.31. The first-order chi connectivity index (χ1) is 10.3. The number of amides is 1. The van der Waals surface area contributed by atoms with Crippen molar-refractivity contribution < 1.29 is 17.9 Å². The highest BCUT2D eigenvalue weighted by atomic mass is 32.2. The Bertz CT molecular complexity index is 770. The van der Waals surface area contributed by atoms with Crippen molar-refractivity contribution in [3.8, 4) is 5.75 Å². The van der Waals surface area contributed by atoms with Gasteiger partial charge in [-0.25, -0.2) is 13.1 Å². The molecule has 0 unspecified atom stereocenters. The van der Waals surface area contributed by atoms with Crippen molar-refractivity contribution >= 4 is 15.9 Å². The van der Waals surface area contributed by atoms with E-state index >= 15 is 0 Å². The lowest BCUT2D eigenvalue weighted by Gasteiger charge is -2.08. The first-order valence-electron chi connectivity index (χ1n) is 6.50. The summed E-state index contributed by atoms with van der Waals surface area (Å²) in [6, 6.07) is 10.2. The van der Waals surface area contributed by atoms with Crippen LogP contribution in [-0.2, 0) is 16.6 Å². The van der Waals surface area contributed by atoms with E-state index in [0.29, 0.717) is 5.75 Å². The van der Waals surface area contributed by atoms with Crippen LogP contribution in [-0.4, -0.2) is 25.6 Å². The van der Waals surface area contributed by atoms with Crippen molar-refractivity contribution in [2.75, 3.05) is 6.26 Å². The fourth-order valence-corrected chi connectivity index (χ4v) is 2.19. The number of ether oxygens (including phenoxy) is 1. The zero-order valence-electron chi connectivity index (χ0n) is 12.2. The third kappa shape index (κ3) is 4.85. The second-order valence-electron chi connectivity index (χ2n) is 4.83. The van der Waals surface area contributed by atoms with E-state index in [4.69, 9.17) is 4.74 Å². The summed E-state index contributed by atoms with van der Waals surface area (Å²) in [7, 11) is -3.58.